The van der Waals surface area contributed by atoms with Crippen LogP contribution in [0.5, 0.6) is 5.75 Å². The second-order valence-corrected chi connectivity index (χ2v) is 5.93. The maximum atomic E-state index is 6.20. The van der Waals surface area contributed by atoms with Gasteiger partial charge < -0.3 is 10.1 Å². The Morgan fingerprint density at radius 1 is 1.15 bits per heavy atom. The summed E-state index contributed by atoms with van der Waals surface area (Å²) < 4.78 is 6.90. The molecule has 0 amide bonds. The van der Waals surface area contributed by atoms with Crippen LogP contribution in [-0.2, 0) is 13.2 Å². The summed E-state index contributed by atoms with van der Waals surface area (Å²) in [5.74, 6) is 0.843. The molecule has 0 unspecified atom stereocenters. The fourth-order valence-corrected chi connectivity index (χ4v) is 2.57. The highest BCUT2D eigenvalue weighted by Crippen LogP contribution is 2.24. The molecule has 0 aliphatic carbocycles. The van der Waals surface area contributed by atoms with E-state index in [9.17, 15) is 0 Å². The smallest absolute Gasteiger partial charge is 0.120 e. The van der Waals surface area contributed by atoms with Crippen molar-refractivity contribution in [3.8, 4) is 5.75 Å². The van der Waals surface area contributed by atoms with E-state index in [0.29, 0.717) is 6.61 Å². The second-order valence-electron chi connectivity index (χ2n) is 4.67. The van der Waals surface area contributed by atoms with E-state index in [-0.39, 0.29) is 0 Å². The highest BCUT2D eigenvalue weighted by Gasteiger charge is 2.04. The zero-order valence-corrected chi connectivity index (χ0v) is 13.9. The van der Waals surface area contributed by atoms with Gasteiger partial charge in [-0.15, -0.1) is 0 Å². The first-order chi connectivity index (χ1) is 9.60. The van der Waals surface area contributed by atoms with Gasteiger partial charge in [-0.25, -0.2) is 0 Å². The molecule has 2 aromatic rings. The Kier molecular flexibility index (Phi) is 5.46. The third kappa shape index (κ3) is 3.98. The summed E-state index contributed by atoms with van der Waals surface area (Å²) in [6.07, 6.45) is 0. The van der Waals surface area contributed by atoms with E-state index < -0.39 is 0 Å². The Hall–Kier alpha value is -1.03. The minimum absolute atomic E-state index is 0.472. The highest BCUT2D eigenvalue weighted by atomic mass is 79.9. The molecular weight excluding hydrogens is 338 g/mol. The largest absolute Gasteiger partial charge is 0.489 e. The van der Waals surface area contributed by atoms with Crippen molar-refractivity contribution in [2.75, 3.05) is 7.05 Å². The summed E-state index contributed by atoms with van der Waals surface area (Å²) in [6.45, 7) is 3.29. The zero-order valence-electron chi connectivity index (χ0n) is 11.5. The van der Waals surface area contributed by atoms with E-state index in [2.05, 4.69) is 21.2 Å². The molecule has 106 valence electrons. The monoisotopic (exact) mass is 353 g/mol. The lowest BCUT2D eigenvalue weighted by molar-refractivity contribution is 0.306. The van der Waals surface area contributed by atoms with Crippen LogP contribution in [0.15, 0.2) is 40.9 Å². The van der Waals surface area contributed by atoms with Gasteiger partial charge in [-0.3, -0.25) is 0 Å². The molecule has 0 aromatic heterocycles. The number of nitrogens with one attached hydrogen (secondary N) is 1. The van der Waals surface area contributed by atoms with Crippen LogP contribution in [0.2, 0.25) is 5.02 Å². The average molecular weight is 355 g/mol. The summed E-state index contributed by atoms with van der Waals surface area (Å²) in [4.78, 5) is 0. The number of halogens is 2. The first-order valence-corrected chi connectivity index (χ1v) is 7.58. The molecule has 4 heteroatoms. The molecule has 0 fully saturated rings. The van der Waals surface area contributed by atoms with Crippen LogP contribution in [0.25, 0.3) is 0 Å². The molecule has 0 atom stereocenters. The molecular formula is C16H17BrClNO. The first kappa shape index (κ1) is 15.4. The van der Waals surface area contributed by atoms with Crippen LogP contribution in [0, 0.1) is 6.92 Å². The molecule has 0 aliphatic heterocycles. The predicted molar refractivity (Wildman–Crippen MR) is 87.4 cm³/mol. The number of rotatable bonds is 5. The van der Waals surface area contributed by atoms with Gasteiger partial charge in [0.05, 0.1) is 0 Å². The maximum absolute atomic E-state index is 6.20. The lowest BCUT2D eigenvalue weighted by atomic mass is 10.1. The van der Waals surface area contributed by atoms with Crippen molar-refractivity contribution in [3.05, 3.63) is 62.6 Å². The van der Waals surface area contributed by atoms with Gasteiger partial charge in [0.25, 0.3) is 0 Å². The standard InChI is InChI=1S/C16H17BrClNO/c1-11-3-4-12(16(18)7-11)10-20-14-5-6-15(17)13(8-14)9-19-2/h3-8,19H,9-10H2,1-2H3. The minimum atomic E-state index is 0.472. The molecule has 0 spiro atoms. The third-order valence-electron chi connectivity index (χ3n) is 2.99. The van der Waals surface area contributed by atoms with E-state index in [1.54, 1.807) is 0 Å². The zero-order chi connectivity index (χ0) is 14.5. The Bertz CT molecular complexity index is 601. The third-order valence-corrected chi connectivity index (χ3v) is 4.11. The van der Waals surface area contributed by atoms with Gasteiger partial charge in [0.15, 0.2) is 0 Å². The van der Waals surface area contributed by atoms with Gasteiger partial charge >= 0.3 is 0 Å². The van der Waals surface area contributed by atoms with E-state index in [1.165, 1.54) is 5.56 Å². The Balaban J connectivity index is 2.08. The summed E-state index contributed by atoms with van der Waals surface area (Å²) >= 11 is 9.73. The predicted octanol–water partition coefficient (Wildman–Crippen LogP) is 4.71. The summed E-state index contributed by atoms with van der Waals surface area (Å²) in [5, 5.41) is 3.88. The van der Waals surface area contributed by atoms with Crippen LogP contribution in [0.3, 0.4) is 0 Å². The van der Waals surface area contributed by atoms with E-state index in [4.69, 9.17) is 16.3 Å². The molecule has 1 N–H and O–H groups in total. The average Bonchev–Trinajstić information content (AvgIpc) is 2.41. The van der Waals surface area contributed by atoms with Crippen molar-refractivity contribution < 1.29 is 4.74 Å². The van der Waals surface area contributed by atoms with Crippen molar-refractivity contribution in [3.63, 3.8) is 0 Å². The van der Waals surface area contributed by atoms with Crippen molar-refractivity contribution >= 4 is 27.5 Å². The quantitative estimate of drug-likeness (QED) is 0.839. The fraction of sp³-hybridized carbons (Fsp3) is 0.250. The summed E-state index contributed by atoms with van der Waals surface area (Å²) in [6, 6.07) is 12.0. The van der Waals surface area contributed by atoms with Crippen molar-refractivity contribution in [2.45, 2.75) is 20.1 Å². The molecule has 2 aromatic carbocycles. The van der Waals surface area contributed by atoms with Gasteiger partial charge in [0.1, 0.15) is 12.4 Å². The number of hydrogen-bond donors (Lipinski definition) is 1. The second kappa shape index (κ2) is 7.11. The number of ether oxygens (including phenoxy) is 1. The Morgan fingerprint density at radius 2 is 1.95 bits per heavy atom. The number of hydrogen-bond acceptors (Lipinski definition) is 2. The van der Waals surface area contributed by atoms with E-state index in [0.717, 1.165) is 32.9 Å². The molecule has 0 saturated carbocycles. The number of aryl methyl sites for hydroxylation is 1. The van der Waals surface area contributed by atoms with Crippen LogP contribution in [0.4, 0.5) is 0 Å². The lowest BCUT2D eigenvalue weighted by Crippen LogP contribution is -2.06. The summed E-state index contributed by atoms with van der Waals surface area (Å²) in [5.41, 5.74) is 3.31. The molecule has 0 bridgehead atoms. The molecule has 0 aliphatic rings. The van der Waals surface area contributed by atoms with Gasteiger partial charge in [-0.05, 0) is 49.4 Å². The fourth-order valence-electron chi connectivity index (χ4n) is 1.90. The SMILES string of the molecule is CNCc1cc(OCc2ccc(C)cc2Cl)ccc1Br. The topological polar surface area (TPSA) is 21.3 Å². The summed E-state index contributed by atoms with van der Waals surface area (Å²) in [7, 11) is 1.92. The van der Waals surface area contributed by atoms with Gasteiger partial charge in [0.2, 0.25) is 0 Å². The Morgan fingerprint density at radius 3 is 2.65 bits per heavy atom. The van der Waals surface area contributed by atoms with E-state index >= 15 is 0 Å². The van der Waals surface area contributed by atoms with Crippen molar-refractivity contribution in [1.29, 1.82) is 0 Å². The van der Waals surface area contributed by atoms with Crippen LogP contribution >= 0.6 is 27.5 Å². The minimum Gasteiger partial charge on any atom is -0.489 e. The van der Waals surface area contributed by atoms with Crippen LogP contribution < -0.4 is 10.1 Å². The molecule has 2 rings (SSSR count). The van der Waals surface area contributed by atoms with Crippen molar-refractivity contribution in [1.82, 2.24) is 5.32 Å². The molecule has 20 heavy (non-hydrogen) atoms. The Labute approximate surface area is 133 Å². The van der Waals surface area contributed by atoms with Crippen LogP contribution in [-0.4, -0.2) is 7.05 Å². The van der Waals surface area contributed by atoms with Crippen molar-refractivity contribution in [2.24, 2.45) is 0 Å². The van der Waals surface area contributed by atoms with E-state index in [1.807, 2.05) is 50.4 Å². The maximum Gasteiger partial charge on any atom is 0.120 e. The highest BCUT2D eigenvalue weighted by molar-refractivity contribution is 9.10. The molecule has 2 nitrogen and oxygen atoms in total. The van der Waals surface area contributed by atoms with Gasteiger partial charge in [0, 0.05) is 21.6 Å². The first-order valence-electron chi connectivity index (χ1n) is 6.41. The van der Waals surface area contributed by atoms with Gasteiger partial charge in [-0.1, -0.05) is 39.7 Å². The lowest BCUT2D eigenvalue weighted by Gasteiger charge is -2.11. The molecule has 0 saturated heterocycles. The normalized spacial score (nSPS) is 10.6. The number of benzene rings is 2. The molecule has 0 radical (unpaired) electrons. The van der Waals surface area contributed by atoms with Gasteiger partial charge in [-0.2, -0.15) is 0 Å². The molecule has 0 heterocycles. The van der Waals surface area contributed by atoms with Crippen LogP contribution in [0.1, 0.15) is 16.7 Å².